The Labute approximate surface area is 147 Å². The van der Waals surface area contributed by atoms with Crippen molar-refractivity contribution < 1.29 is 13.2 Å². The maximum absolute atomic E-state index is 12.5. The lowest BCUT2D eigenvalue weighted by atomic mass is 10.1. The zero-order chi connectivity index (χ0) is 18.4. The highest BCUT2D eigenvalue weighted by Crippen LogP contribution is 2.24. The van der Waals surface area contributed by atoms with E-state index in [1.807, 2.05) is 0 Å². The molecule has 0 saturated carbocycles. The molecule has 132 valence electrons. The van der Waals surface area contributed by atoms with Gasteiger partial charge in [0.2, 0.25) is 15.9 Å². The lowest BCUT2D eigenvalue weighted by molar-refractivity contribution is -0.114. The number of carbonyl (C=O) groups is 1. The molecule has 0 bridgehead atoms. The third kappa shape index (κ3) is 4.94. The number of carbonyl (C=O) groups excluding carboxylic acids is 1. The van der Waals surface area contributed by atoms with Crippen molar-refractivity contribution in [1.82, 2.24) is 14.7 Å². The number of hydrogen-bond donors (Lipinski definition) is 2. The maximum Gasteiger partial charge on any atom is 0.242 e. The van der Waals surface area contributed by atoms with E-state index in [1.54, 1.807) is 37.4 Å². The van der Waals surface area contributed by atoms with Crippen molar-refractivity contribution in [2.75, 3.05) is 11.9 Å². The summed E-state index contributed by atoms with van der Waals surface area (Å²) in [5.41, 5.74) is 1.73. The maximum atomic E-state index is 12.5. The number of rotatable bonds is 7. The van der Waals surface area contributed by atoms with Crippen LogP contribution in [0.2, 0.25) is 0 Å². The van der Waals surface area contributed by atoms with Crippen molar-refractivity contribution in [2.45, 2.75) is 25.2 Å². The van der Waals surface area contributed by atoms with Crippen LogP contribution in [0.5, 0.6) is 0 Å². The molecule has 0 aliphatic carbocycles. The van der Waals surface area contributed by atoms with Gasteiger partial charge >= 0.3 is 0 Å². The third-order valence-electron chi connectivity index (χ3n) is 3.37. The Balaban J connectivity index is 2.39. The molecule has 2 aromatic rings. The van der Waals surface area contributed by atoms with Gasteiger partial charge in [-0.2, -0.15) is 0 Å². The predicted octanol–water partition coefficient (Wildman–Crippen LogP) is 2.26. The molecule has 0 aromatic carbocycles. The van der Waals surface area contributed by atoms with Gasteiger partial charge in [-0.15, -0.1) is 6.58 Å². The molecule has 0 spiro atoms. The Hall–Kier alpha value is -2.58. The number of sulfonamides is 1. The highest BCUT2D eigenvalue weighted by atomic mass is 32.2. The molecule has 7 nitrogen and oxygen atoms in total. The van der Waals surface area contributed by atoms with Gasteiger partial charge in [0.05, 0.1) is 5.69 Å². The van der Waals surface area contributed by atoms with E-state index in [-0.39, 0.29) is 17.3 Å². The van der Waals surface area contributed by atoms with Crippen LogP contribution >= 0.6 is 0 Å². The SMILES string of the molecule is C=CCCNS(=O)(=O)c1cc(-c2ccnc(NC(C)=O)c2)cnc1C. The van der Waals surface area contributed by atoms with Gasteiger partial charge in [-0.3, -0.25) is 9.78 Å². The first-order chi connectivity index (χ1) is 11.8. The fourth-order valence-electron chi connectivity index (χ4n) is 2.17. The molecule has 2 aromatic heterocycles. The van der Waals surface area contributed by atoms with E-state index in [9.17, 15) is 13.2 Å². The number of pyridine rings is 2. The molecule has 1 amide bonds. The summed E-state index contributed by atoms with van der Waals surface area (Å²) in [5.74, 6) is 0.153. The van der Waals surface area contributed by atoms with Gasteiger partial charge in [-0.1, -0.05) is 6.08 Å². The van der Waals surface area contributed by atoms with E-state index in [0.717, 1.165) is 0 Å². The van der Waals surface area contributed by atoms with Crippen molar-refractivity contribution in [2.24, 2.45) is 0 Å². The number of nitrogens with one attached hydrogen (secondary N) is 2. The first kappa shape index (κ1) is 18.8. The lowest BCUT2D eigenvalue weighted by Crippen LogP contribution is -2.25. The number of hydrogen-bond acceptors (Lipinski definition) is 5. The van der Waals surface area contributed by atoms with Crippen molar-refractivity contribution in [3.8, 4) is 11.1 Å². The summed E-state index contributed by atoms with van der Waals surface area (Å²) in [7, 11) is -3.67. The molecule has 0 unspecified atom stereocenters. The molecular weight excluding hydrogens is 340 g/mol. The average Bonchev–Trinajstić information content (AvgIpc) is 2.55. The third-order valence-corrected chi connectivity index (χ3v) is 4.94. The molecule has 2 rings (SSSR count). The Morgan fingerprint density at radius 2 is 2.04 bits per heavy atom. The van der Waals surface area contributed by atoms with Crippen molar-refractivity contribution in [3.05, 3.63) is 48.9 Å². The molecule has 8 heteroatoms. The summed E-state index contributed by atoms with van der Waals surface area (Å²) in [6.45, 7) is 6.88. The fourth-order valence-corrected chi connectivity index (χ4v) is 3.44. The molecular formula is C17H20N4O3S. The normalized spacial score (nSPS) is 11.1. The average molecular weight is 360 g/mol. The minimum Gasteiger partial charge on any atom is -0.311 e. The first-order valence-corrected chi connectivity index (χ1v) is 9.13. The van der Waals surface area contributed by atoms with Crippen molar-refractivity contribution in [1.29, 1.82) is 0 Å². The molecule has 0 aliphatic heterocycles. The monoisotopic (exact) mass is 360 g/mol. The summed E-state index contributed by atoms with van der Waals surface area (Å²) in [6.07, 6.45) is 5.31. The lowest BCUT2D eigenvalue weighted by Gasteiger charge is -2.11. The van der Waals surface area contributed by atoms with E-state index in [1.165, 1.54) is 13.1 Å². The van der Waals surface area contributed by atoms with Crippen LogP contribution in [-0.2, 0) is 14.8 Å². The number of nitrogens with zero attached hydrogens (tertiary/aromatic N) is 2. The van der Waals surface area contributed by atoms with Crippen LogP contribution in [0, 0.1) is 6.92 Å². The van der Waals surface area contributed by atoms with Crippen molar-refractivity contribution in [3.63, 3.8) is 0 Å². The van der Waals surface area contributed by atoms with Crippen LogP contribution in [0.4, 0.5) is 5.82 Å². The molecule has 2 heterocycles. The van der Waals surface area contributed by atoms with E-state index >= 15 is 0 Å². The number of aryl methyl sites for hydroxylation is 1. The van der Waals surface area contributed by atoms with Gasteiger partial charge in [0, 0.05) is 31.4 Å². The van der Waals surface area contributed by atoms with Crippen LogP contribution in [0.25, 0.3) is 11.1 Å². The fraction of sp³-hybridized carbons (Fsp3) is 0.235. The molecule has 25 heavy (non-hydrogen) atoms. The summed E-state index contributed by atoms with van der Waals surface area (Å²) in [4.78, 5) is 19.5. The largest absolute Gasteiger partial charge is 0.311 e. The smallest absolute Gasteiger partial charge is 0.242 e. The van der Waals surface area contributed by atoms with Crippen LogP contribution in [0.1, 0.15) is 19.0 Å². The Bertz CT molecular complexity index is 895. The quantitative estimate of drug-likeness (QED) is 0.583. The van der Waals surface area contributed by atoms with Crippen LogP contribution in [-0.4, -0.2) is 30.8 Å². The Morgan fingerprint density at radius 3 is 2.72 bits per heavy atom. The molecule has 2 N–H and O–H groups in total. The van der Waals surface area contributed by atoms with E-state index < -0.39 is 10.0 Å². The second-order valence-electron chi connectivity index (χ2n) is 5.39. The van der Waals surface area contributed by atoms with Gasteiger partial charge in [-0.05, 0) is 37.1 Å². The zero-order valence-corrected chi connectivity index (χ0v) is 14.9. The minimum absolute atomic E-state index is 0.118. The van der Waals surface area contributed by atoms with E-state index in [2.05, 4.69) is 26.6 Å². The van der Waals surface area contributed by atoms with Gasteiger partial charge in [0.25, 0.3) is 0 Å². The summed E-state index contributed by atoms with van der Waals surface area (Å²) in [6, 6.07) is 4.94. The molecule has 0 saturated heterocycles. The number of anilines is 1. The Morgan fingerprint density at radius 1 is 1.28 bits per heavy atom. The standard InChI is InChI=1S/C17H20N4O3S/c1-4-5-7-20-25(23,24)16-9-15(11-19-12(16)2)14-6-8-18-17(10-14)21-13(3)22/h4,6,8-11,20H,1,5,7H2,2-3H3,(H,18,21,22). The second kappa shape index (κ2) is 8.00. The summed E-state index contributed by atoms with van der Waals surface area (Å²) in [5, 5.41) is 2.60. The zero-order valence-electron chi connectivity index (χ0n) is 14.1. The van der Waals surface area contributed by atoms with Gasteiger partial charge < -0.3 is 5.32 Å². The molecule has 0 atom stereocenters. The topological polar surface area (TPSA) is 101 Å². The van der Waals surface area contributed by atoms with E-state index in [0.29, 0.717) is 29.1 Å². The predicted molar refractivity (Wildman–Crippen MR) is 96.5 cm³/mol. The second-order valence-corrected chi connectivity index (χ2v) is 7.13. The molecule has 0 fully saturated rings. The van der Waals surface area contributed by atoms with Gasteiger partial charge in [0.15, 0.2) is 0 Å². The van der Waals surface area contributed by atoms with E-state index in [4.69, 9.17) is 0 Å². The van der Waals surface area contributed by atoms with Crippen LogP contribution < -0.4 is 10.0 Å². The highest BCUT2D eigenvalue weighted by Gasteiger charge is 2.18. The van der Waals surface area contributed by atoms with Gasteiger partial charge in [-0.25, -0.2) is 18.1 Å². The van der Waals surface area contributed by atoms with Crippen LogP contribution in [0.3, 0.4) is 0 Å². The Kier molecular flexibility index (Phi) is 6.00. The molecule has 0 aliphatic rings. The number of amides is 1. The highest BCUT2D eigenvalue weighted by molar-refractivity contribution is 7.89. The van der Waals surface area contributed by atoms with Crippen molar-refractivity contribution >= 4 is 21.7 Å². The first-order valence-electron chi connectivity index (χ1n) is 7.64. The minimum atomic E-state index is -3.67. The van der Waals surface area contributed by atoms with Crippen LogP contribution in [0.15, 0.2) is 48.1 Å². The summed E-state index contributed by atoms with van der Waals surface area (Å²) >= 11 is 0. The summed E-state index contributed by atoms with van der Waals surface area (Å²) < 4.78 is 27.5. The number of aromatic nitrogens is 2. The van der Waals surface area contributed by atoms with Gasteiger partial charge in [0.1, 0.15) is 10.7 Å². The molecule has 0 radical (unpaired) electrons.